The number of carbonyl (C=O) groups excluding carboxylic acids is 1. The molecule has 6 heteroatoms. The Labute approximate surface area is 99.6 Å². The molecule has 96 valence electrons. The van der Waals surface area contributed by atoms with Gasteiger partial charge < -0.3 is 3.87 Å². The van der Waals surface area contributed by atoms with Gasteiger partial charge in [0.15, 0.2) is 5.78 Å². The SMILES string of the molecule is CC(C)C(=O)C(C)(C)S(=O)(=O)O[Si](C)(C)C. The first-order valence-corrected chi connectivity index (χ1v) is 10.1. The Balaban J connectivity index is 5.24. The Kier molecular flexibility index (Phi) is 4.52. The third-order valence-electron chi connectivity index (χ3n) is 2.10. The van der Waals surface area contributed by atoms with Crippen molar-refractivity contribution in [1.29, 1.82) is 0 Å². The first kappa shape index (κ1) is 15.8. The van der Waals surface area contributed by atoms with Crippen molar-refractivity contribution in [3.63, 3.8) is 0 Å². The smallest absolute Gasteiger partial charge is 0.270 e. The van der Waals surface area contributed by atoms with Crippen LogP contribution in [0.4, 0.5) is 0 Å². The number of hydrogen-bond acceptors (Lipinski definition) is 4. The van der Waals surface area contributed by atoms with Gasteiger partial charge in [-0.3, -0.25) is 4.79 Å². The molecule has 4 nitrogen and oxygen atoms in total. The minimum atomic E-state index is -3.85. The molecule has 0 aromatic heterocycles. The van der Waals surface area contributed by atoms with Crippen molar-refractivity contribution in [1.82, 2.24) is 0 Å². The lowest BCUT2D eigenvalue weighted by Crippen LogP contribution is -2.47. The lowest BCUT2D eigenvalue weighted by molar-refractivity contribution is -0.123. The van der Waals surface area contributed by atoms with Crippen molar-refractivity contribution < 1.29 is 17.1 Å². The predicted molar refractivity (Wildman–Crippen MR) is 67.3 cm³/mol. The zero-order chi connectivity index (χ0) is 13.4. The Hall–Kier alpha value is -0.203. The molecule has 0 N–H and O–H groups in total. The number of ketones is 1. The molecule has 0 aromatic rings. The summed E-state index contributed by atoms with van der Waals surface area (Å²) in [5, 5.41) is 0. The van der Waals surface area contributed by atoms with Crippen LogP contribution in [0.2, 0.25) is 19.6 Å². The van der Waals surface area contributed by atoms with E-state index in [1.807, 2.05) is 0 Å². The molecule has 0 amide bonds. The van der Waals surface area contributed by atoms with Gasteiger partial charge in [-0.05, 0) is 33.5 Å². The van der Waals surface area contributed by atoms with Gasteiger partial charge in [-0.25, -0.2) is 0 Å². The standard InChI is InChI=1S/C10H22O4SSi/c1-8(2)9(11)10(3,4)15(12,13)14-16(5,6)7/h8H,1-7H3. The van der Waals surface area contributed by atoms with Crippen molar-refractivity contribution in [2.75, 3.05) is 0 Å². The molecule has 0 unspecified atom stereocenters. The highest BCUT2D eigenvalue weighted by atomic mass is 32.2. The maximum absolute atomic E-state index is 12.0. The van der Waals surface area contributed by atoms with E-state index in [0.29, 0.717) is 0 Å². The molecule has 0 radical (unpaired) electrons. The topological polar surface area (TPSA) is 60.4 Å². The molecule has 0 saturated heterocycles. The van der Waals surface area contributed by atoms with Crippen LogP contribution >= 0.6 is 0 Å². The highest BCUT2D eigenvalue weighted by Gasteiger charge is 2.45. The number of hydrogen-bond donors (Lipinski definition) is 0. The van der Waals surface area contributed by atoms with E-state index < -0.39 is 23.2 Å². The van der Waals surface area contributed by atoms with Gasteiger partial charge in [0, 0.05) is 5.92 Å². The van der Waals surface area contributed by atoms with E-state index in [1.54, 1.807) is 33.5 Å². The van der Waals surface area contributed by atoms with Crippen LogP contribution < -0.4 is 0 Å². The van der Waals surface area contributed by atoms with E-state index in [2.05, 4.69) is 0 Å². The molecule has 0 aliphatic carbocycles. The first-order chi connectivity index (χ1) is 6.81. The van der Waals surface area contributed by atoms with E-state index in [0.717, 1.165) is 0 Å². The molecule has 16 heavy (non-hydrogen) atoms. The molecule has 0 rings (SSSR count). The lowest BCUT2D eigenvalue weighted by Gasteiger charge is -2.28. The fourth-order valence-electron chi connectivity index (χ4n) is 1.25. The molecule has 0 heterocycles. The summed E-state index contributed by atoms with van der Waals surface area (Å²) in [4.78, 5) is 11.9. The Morgan fingerprint density at radius 1 is 1.19 bits per heavy atom. The van der Waals surface area contributed by atoms with Crippen molar-refractivity contribution >= 4 is 24.2 Å². The summed E-state index contributed by atoms with van der Waals surface area (Å²) in [6.45, 7) is 11.5. The van der Waals surface area contributed by atoms with Gasteiger partial charge in [-0.15, -0.1) is 0 Å². The first-order valence-electron chi connectivity index (χ1n) is 5.31. The molecule has 0 aliphatic rings. The highest BCUT2D eigenvalue weighted by Crippen LogP contribution is 2.26. The normalized spacial score (nSPS) is 14.2. The van der Waals surface area contributed by atoms with E-state index in [4.69, 9.17) is 3.87 Å². The van der Waals surface area contributed by atoms with Gasteiger partial charge in [0.2, 0.25) is 8.32 Å². The van der Waals surface area contributed by atoms with Crippen molar-refractivity contribution in [2.24, 2.45) is 5.92 Å². The molecule has 0 aromatic carbocycles. The van der Waals surface area contributed by atoms with Crippen LogP contribution in [-0.4, -0.2) is 27.3 Å². The van der Waals surface area contributed by atoms with Gasteiger partial charge in [0.05, 0.1) is 0 Å². The van der Waals surface area contributed by atoms with E-state index >= 15 is 0 Å². The zero-order valence-electron chi connectivity index (χ0n) is 11.1. The second-order valence-corrected chi connectivity index (χ2v) is 12.5. The van der Waals surface area contributed by atoms with Gasteiger partial charge in [0.1, 0.15) is 4.75 Å². The van der Waals surface area contributed by atoms with Crippen molar-refractivity contribution in [2.45, 2.75) is 52.1 Å². The van der Waals surface area contributed by atoms with Crippen LogP contribution in [-0.2, 0) is 18.8 Å². The molecule has 0 aliphatic heterocycles. The monoisotopic (exact) mass is 266 g/mol. The molecule has 0 atom stereocenters. The molecule has 0 bridgehead atoms. The fraction of sp³-hybridized carbons (Fsp3) is 0.900. The number of Topliss-reactive ketones (excluding diaryl/α,β-unsaturated/α-hetero) is 1. The van der Waals surface area contributed by atoms with E-state index in [1.165, 1.54) is 13.8 Å². The maximum Gasteiger partial charge on any atom is 0.270 e. The van der Waals surface area contributed by atoms with Gasteiger partial charge >= 0.3 is 0 Å². The van der Waals surface area contributed by atoms with Crippen LogP contribution in [0.3, 0.4) is 0 Å². The molecular formula is C10H22O4SSi. The largest absolute Gasteiger partial charge is 0.315 e. The van der Waals surface area contributed by atoms with Crippen molar-refractivity contribution in [3.8, 4) is 0 Å². The third-order valence-corrected chi connectivity index (χ3v) is 6.43. The Bertz CT molecular complexity index is 363. The summed E-state index contributed by atoms with van der Waals surface area (Å²) in [7, 11) is -6.07. The fourth-order valence-corrected chi connectivity index (χ4v) is 5.20. The second kappa shape index (κ2) is 4.58. The highest BCUT2D eigenvalue weighted by molar-refractivity contribution is 7.90. The van der Waals surface area contributed by atoms with Gasteiger partial charge in [-0.2, -0.15) is 8.42 Å². The van der Waals surface area contributed by atoms with Gasteiger partial charge in [0.25, 0.3) is 10.1 Å². The molecule has 0 spiro atoms. The quantitative estimate of drug-likeness (QED) is 0.716. The summed E-state index contributed by atoms with van der Waals surface area (Å²) >= 11 is 0. The molecular weight excluding hydrogens is 244 g/mol. The molecule has 0 fully saturated rings. The van der Waals surface area contributed by atoms with Crippen LogP contribution in [0.5, 0.6) is 0 Å². The Morgan fingerprint density at radius 2 is 1.56 bits per heavy atom. The minimum absolute atomic E-state index is 0.314. The number of rotatable bonds is 5. The lowest BCUT2D eigenvalue weighted by atomic mass is 9.98. The van der Waals surface area contributed by atoms with Crippen LogP contribution in [0.25, 0.3) is 0 Å². The second-order valence-electron chi connectivity index (χ2n) is 5.68. The third kappa shape index (κ3) is 3.67. The minimum Gasteiger partial charge on any atom is -0.315 e. The average molecular weight is 266 g/mol. The average Bonchev–Trinajstić information content (AvgIpc) is 1.97. The summed E-state index contributed by atoms with van der Waals surface area (Å²) in [5.74, 6) is -0.638. The Morgan fingerprint density at radius 3 is 1.81 bits per heavy atom. The summed E-state index contributed by atoms with van der Waals surface area (Å²) in [5.41, 5.74) is 0. The van der Waals surface area contributed by atoms with Crippen LogP contribution in [0, 0.1) is 5.92 Å². The molecule has 0 saturated carbocycles. The van der Waals surface area contributed by atoms with Crippen LogP contribution in [0.15, 0.2) is 0 Å². The van der Waals surface area contributed by atoms with Gasteiger partial charge in [-0.1, -0.05) is 13.8 Å². The number of carbonyl (C=O) groups is 1. The summed E-state index contributed by atoms with van der Waals surface area (Å²) < 4.78 is 27.7. The predicted octanol–water partition coefficient (Wildman–Crippen LogP) is 2.17. The van der Waals surface area contributed by atoms with Crippen molar-refractivity contribution in [3.05, 3.63) is 0 Å². The van der Waals surface area contributed by atoms with E-state index in [-0.39, 0.29) is 11.7 Å². The van der Waals surface area contributed by atoms with Crippen LogP contribution in [0.1, 0.15) is 27.7 Å². The summed E-state index contributed by atoms with van der Waals surface area (Å²) in [6, 6.07) is 0. The zero-order valence-corrected chi connectivity index (χ0v) is 12.9. The maximum atomic E-state index is 12.0. The summed E-state index contributed by atoms with van der Waals surface area (Å²) in [6.07, 6.45) is 0. The van der Waals surface area contributed by atoms with E-state index in [9.17, 15) is 13.2 Å².